The third-order valence-corrected chi connectivity index (χ3v) is 2.61. The van der Waals surface area contributed by atoms with Gasteiger partial charge in [0.25, 0.3) is 0 Å². The molecule has 0 fully saturated rings. The first-order valence-electron chi connectivity index (χ1n) is 4.55. The Morgan fingerprint density at radius 1 is 1.31 bits per heavy atom. The molecular weight excluding hydrogens is 238 g/mol. The van der Waals surface area contributed by atoms with Crippen molar-refractivity contribution in [3.8, 4) is 0 Å². The molecule has 88 valence electrons. The molecule has 6 heteroatoms. The number of carbonyl (C=O) groups is 1. The molecule has 1 aromatic carbocycles. The summed E-state index contributed by atoms with van der Waals surface area (Å²) in [5, 5.41) is 1.79. The Morgan fingerprint density at radius 3 is 2.31 bits per heavy atom. The molecule has 0 saturated carbocycles. The van der Waals surface area contributed by atoms with Crippen molar-refractivity contribution < 1.29 is 18.0 Å². The molecule has 0 aromatic heterocycles. The van der Waals surface area contributed by atoms with Crippen LogP contribution in [0.2, 0.25) is 0 Å². The second-order valence-electron chi connectivity index (χ2n) is 3.18. The van der Waals surface area contributed by atoms with E-state index in [1.807, 2.05) is 6.66 Å². The van der Waals surface area contributed by atoms with E-state index in [0.717, 1.165) is 20.3 Å². The number of hydrogen-bond donors (Lipinski definition) is 1. The highest BCUT2D eigenvalue weighted by Crippen LogP contribution is 2.20. The number of hydrogen-bond acceptors (Lipinski definition) is 1. The second-order valence-corrected chi connectivity index (χ2v) is 4.24. The van der Waals surface area contributed by atoms with Gasteiger partial charge in [-0.3, -0.25) is 4.79 Å². The molecule has 1 amide bonds. The molecule has 1 unspecified atom stereocenters. The van der Waals surface area contributed by atoms with E-state index >= 15 is 0 Å². The molecule has 1 N–H and O–H groups in total. The fourth-order valence-electron chi connectivity index (χ4n) is 1.11. The number of rotatable bonds is 3. The molecule has 0 bridgehead atoms. The van der Waals surface area contributed by atoms with Crippen LogP contribution in [0.15, 0.2) is 24.3 Å². The first-order valence-corrected chi connectivity index (χ1v) is 6.26. The lowest BCUT2D eigenvalue weighted by Crippen LogP contribution is -2.29. The van der Waals surface area contributed by atoms with E-state index in [2.05, 4.69) is 0 Å². The van der Waals surface area contributed by atoms with E-state index in [-0.39, 0.29) is 5.69 Å². The number of halogens is 3. The Hall–Kier alpha value is -1.09. The Morgan fingerprint density at radius 2 is 1.88 bits per heavy atom. The Kier molecular flexibility index (Phi) is 4.30. The number of carbonyl (C=O) groups excluding carboxylic acids is 1. The fraction of sp³-hybridized carbons (Fsp3) is 0.300. The number of nitrogens with one attached hydrogen (secondary N) is 1. The van der Waals surface area contributed by atoms with Crippen LogP contribution in [0.4, 0.5) is 18.9 Å². The maximum Gasteiger partial charge on any atom is 0.471 e. The number of anilines is 1. The number of alkyl halides is 3. The third-order valence-electron chi connectivity index (χ3n) is 1.85. The zero-order valence-electron chi connectivity index (χ0n) is 8.56. The highest BCUT2D eigenvalue weighted by Gasteiger charge is 2.38. The van der Waals surface area contributed by atoms with Crippen LogP contribution < -0.4 is 5.32 Å². The molecule has 1 aromatic rings. The normalized spacial score (nSPS) is 12.0. The van der Waals surface area contributed by atoms with Gasteiger partial charge in [0.2, 0.25) is 0 Å². The maximum absolute atomic E-state index is 11.9. The molecule has 2 nitrogen and oxygen atoms in total. The molecule has 16 heavy (non-hydrogen) atoms. The van der Waals surface area contributed by atoms with Crippen LogP contribution in [0.3, 0.4) is 0 Å². The summed E-state index contributed by atoms with van der Waals surface area (Å²) in [6.07, 6.45) is -3.95. The van der Waals surface area contributed by atoms with Crippen LogP contribution in [-0.2, 0) is 11.0 Å². The highest BCUT2D eigenvalue weighted by molar-refractivity contribution is 7.36. The average molecular weight is 249 g/mol. The third kappa shape index (κ3) is 3.81. The van der Waals surface area contributed by atoms with E-state index in [1.54, 1.807) is 17.4 Å². The molecule has 0 heterocycles. The molecule has 1 rings (SSSR count). The zero-order valence-corrected chi connectivity index (χ0v) is 9.56. The van der Waals surface area contributed by atoms with Crippen LogP contribution in [-0.4, -0.2) is 18.7 Å². The lowest BCUT2D eigenvalue weighted by atomic mass is 10.2. The Balaban J connectivity index is 2.65. The quantitative estimate of drug-likeness (QED) is 0.820. The van der Waals surface area contributed by atoms with Crippen molar-refractivity contribution in [3.63, 3.8) is 0 Å². The minimum Gasteiger partial charge on any atom is -0.318 e. The van der Waals surface area contributed by atoms with E-state index < -0.39 is 12.1 Å². The summed E-state index contributed by atoms with van der Waals surface area (Å²) in [6, 6.07) is 6.36. The Labute approximate surface area is 93.0 Å². The van der Waals surface area contributed by atoms with Crippen LogP contribution in [0.25, 0.3) is 0 Å². The monoisotopic (exact) mass is 249 g/mol. The van der Waals surface area contributed by atoms with Gasteiger partial charge in [-0.15, -0.1) is 8.58 Å². The standard InChI is InChI=1S/C10H11F3NOP/c1-16-6-7-2-4-8(5-3-7)14-9(15)10(11,12)13/h2-5,16H,6H2,1H3,(H,14,15). The van der Waals surface area contributed by atoms with E-state index in [1.165, 1.54) is 12.1 Å². The molecule has 0 aliphatic rings. The molecule has 0 aliphatic heterocycles. The lowest BCUT2D eigenvalue weighted by molar-refractivity contribution is -0.167. The zero-order chi connectivity index (χ0) is 12.2. The average Bonchev–Trinajstić information content (AvgIpc) is 2.20. The minimum absolute atomic E-state index is 0.158. The fourth-order valence-corrected chi connectivity index (χ4v) is 1.76. The van der Waals surface area contributed by atoms with Gasteiger partial charge >= 0.3 is 12.1 Å². The van der Waals surface area contributed by atoms with Crippen LogP contribution in [0, 0.1) is 0 Å². The summed E-state index contributed by atoms with van der Waals surface area (Å²) in [4.78, 5) is 10.6. The SMILES string of the molecule is CPCc1ccc(NC(=O)C(F)(F)F)cc1. The van der Waals surface area contributed by atoms with Crippen molar-refractivity contribution in [2.75, 3.05) is 12.0 Å². The summed E-state index contributed by atoms with van der Waals surface area (Å²) in [7, 11) is 0.752. The number of benzene rings is 1. The summed E-state index contributed by atoms with van der Waals surface area (Å²) < 4.78 is 35.8. The molecular formula is C10H11F3NOP. The predicted octanol–water partition coefficient (Wildman–Crippen LogP) is 3.00. The predicted molar refractivity (Wildman–Crippen MR) is 59.1 cm³/mol. The van der Waals surface area contributed by atoms with Gasteiger partial charge in [-0.1, -0.05) is 12.1 Å². The van der Waals surface area contributed by atoms with Gasteiger partial charge in [0.15, 0.2) is 0 Å². The highest BCUT2D eigenvalue weighted by atomic mass is 31.1. The molecule has 0 aliphatic carbocycles. The van der Waals surface area contributed by atoms with E-state index in [9.17, 15) is 18.0 Å². The van der Waals surface area contributed by atoms with Crippen LogP contribution in [0.5, 0.6) is 0 Å². The van der Waals surface area contributed by atoms with Gasteiger partial charge in [0, 0.05) is 5.69 Å². The van der Waals surface area contributed by atoms with Gasteiger partial charge in [-0.25, -0.2) is 0 Å². The molecule has 0 saturated heterocycles. The summed E-state index contributed by atoms with van der Waals surface area (Å²) >= 11 is 0. The summed E-state index contributed by atoms with van der Waals surface area (Å²) in [5.74, 6) is -1.95. The topological polar surface area (TPSA) is 29.1 Å². The summed E-state index contributed by atoms with van der Waals surface area (Å²) in [5.41, 5.74) is 1.20. The van der Waals surface area contributed by atoms with E-state index in [4.69, 9.17) is 0 Å². The number of amides is 1. The molecule has 1 atom stereocenters. The van der Waals surface area contributed by atoms with Gasteiger partial charge in [-0.2, -0.15) is 13.2 Å². The van der Waals surface area contributed by atoms with Crippen molar-refractivity contribution in [1.82, 2.24) is 0 Å². The van der Waals surface area contributed by atoms with Crippen molar-refractivity contribution in [1.29, 1.82) is 0 Å². The van der Waals surface area contributed by atoms with Crippen molar-refractivity contribution >= 4 is 20.2 Å². The lowest BCUT2D eigenvalue weighted by Gasteiger charge is -2.08. The van der Waals surface area contributed by atoms with Crippen molar-refractivity contribution in [2.24, 2.45) is 0 Å². The Bertz CT molecular complexity index is 361. The smallest absolute Gasteiger partial charge is 0.318 e. The molecule has 0 spiro atoms. The maximum atomic E-state index is 11.9. The van der Waals surface area contributed by atoms with Crippen LogP contribution in [0.1, 0.15) is 5.56 Å². The van der Waals surface area contributed by atoms with E-state index in [0.29, 0.717) is 0 Å². The minimum atomic E-state index is -4.84. The largest absolute Gasteiger partial charge is 0.471 e. The van der Waals surface area contributed by atoms with Gasteiger partial charge in [-0.05, 0) is 30.5 Å². The van der Waals surface area contributed by atoms with Crippen LogP contribution >= 0.6 is 8.58 Å². The second kappa shape index (κ2) is 5.30. The van der Waals surface area contributed by atoms with Gasteiger partial charge < -0.3 is 5.32 Å². The first kappa shape index (κ1) is 13.0. The molecule has 0 radical (unpaired) electrons. The van der Waals surface area contributed by atoms with Gasteiger partial charge in [0.1, 0.15) is 0 Å². The van der Waals surface area contributed by atoms with Gasteiger partial charge in [0.05, 0.1) is 0 Å². The van der Waals surface area contributed by atoms with Crippen molar-refractivity contribution in [2.45, 2.75) is 12.3 Å². The first-order chi connectivity index (χ1) is 7.43. The van der Waals surface area contributed by atoms with Crippen molar-refractivity contribution in [3.05, 3.63) is 29.8 Å². The summed E-state index contributed by atoms with van der Waals surface area (Å²) in [6.45, 7) is 2.04.